The molecule has 0 unspecified atom stereocenters. The highest BCUT2D eigenvalue weighted by Gasteiger charge is 2.10. The Kier molecular flexibility index (Phi) is 5.52. The van der Waals surface area contributed by atoms with Crippen molar-refractivity contribution in [3.63, 3.8) is 0 Å². The highest BCUT2D eigenvalue weighted by Crippen LogP contribution is 2.11. The van der Waals surface area contributed by atoms with E-state index in [1.165, 1.54) is 6.20 Å². The monoisotopic (exact) mass is 296 g/mol. The molecule has 2 heterocycles. The Morgan fingerprint density at radius 3 is 2.70 bits per heavy atom. The SMILES string of the molecule is Cc1noc(C)c1CNC(=O)Cc1ccc(N)cn1.Cl. The topological polar surface area (TPSA) is 94.0 Å². The van der Waals surface area contributed by atoms with Gasteiger partial charge in [-0.15, -0.1) is 12.4 Å². The minimum Gasteiger partial charge on any atom is -0.397 e. The maximum atomic E-state index is 11.8. The highest BCUT2D eigenvalue weighted by atomic mass is 35.5. The van der Waals surface area contributed by atoms with E-state index in [0.29, 0.717) is 17.9 Å². The van der Waals surface area contributed by atoms with E-state index in [-0.39, 0.29) is 24.7 Å². The number of halogens is 1. The standard InChI is InChI=1S/C13H16N4O2.ClH/c1-8-12(9(2)19-17-8)7-16-13(18)5-11-4-3-10(14)6-15-11;/h3-4,6H,5,7,14H2,1-2H3,(H,16,18);1H. The molecule has 3 N–H and O–H groups in total. The summed E-state index contributed by atoms with van der Waals surface area (Å²) in [6.45, 7) is 4.08. The van der Waals surface area contributed by atoms with Gasteiger partial charge in [0.25, 0.3) is 0 Å². The Morgan fingerprint density at radius 2 is 2.15 bits per heavy atom. The summed E-state index contributed by atoms with van der Waals surface area (Å²) < 4.78 is 5.03. The van der Waals surface area contributed by atoms with E-state index in [2.05, 4.69) is 15.5 Å². The molecule has 0 aliphatic carbocycles. The number of amides is 1. The van der Waals surface area contributed by atoms with Crippen molar-refractivity contribution in [3.05, 3.63) is 41.0 Å². The van der Waals surface area contributed by atoms with E-state index < -0.39 is 0 Å². The second kappa shape index (κ2) is 6.91. The van der Waals surface area contributed by atoms with Crippen LogP contribution >= 0.6 is 12.4 Å². The average molecular weight is 297 g/mol. The smallest absolute Gasteiger partial charge is 0.226 e. The summed E-state index contributed by atoms with van der Waals surface area (Å²) in [5.41, 5.74) is 8.51. The van der Waals surface area contributed by atoms with Crippen LogP contribution in [0.2, 0.25) is 0 Å². The summed E-state index contributed by atoms with van der Waals surface area (Å²) in [6, 6.07) is 3.47. The van der Waals surface area contributed by atoms with Crippen molar-refractivity contribution in [1.82, 2.24) is 15.5 Å². The van der Waals surface area contributed by atoms with Crippen LogP contribution < -0.4 is 11.1 Å². The van der Waals surface area contributed by atoms with Crippen molar-refractivity contribution in [2.45, 2.75) is 26.8 Å². The molecule has 0 radical (unpaired) electrons. The van der Waals surface area contributed by atoms with E-state index in [1.807, 2.05) is 13.8 Å². The number of pyridine rings is 1. The summed E-state index contributed by atoms with van der Waals surface area (Å²) >= 11 is 0. The Bertz CT molecular complexity index is 561. The molecule has 2 rings (SSSR count). The van der Waals surface area contributed by atoms with Crippen LogP contribution in [0.5, 0.6) is 0 Å². The van der Waals surface area contributed by atoms with Gasteiger partial charge < -0.3 is 15.6 Å². The van der Waals surface area contributed by atoms with E-state index in [9.17, 15) is 4.79 Å². The zero-order valence-electron chi connectivity index (χ0n) is 11.3. The number of nitrogens with zero attached hydrogens (tertiary/aromatic N) is 2. The predicted molar refractivity (Wildman–Crippen MR) is 77.4 cm³/mol. The molecule has 0 aromatic carbocycles. The van der Waals surface area contributed by atoms with Crippen LogP contribution in [0.15, 0.2) is 22.9 Å². The van der Waals surface area contributed by atoms with Crippen LogP contribution in [0.4, 0.5) is 5.69 Å². The molecule has 1 amide bonds. The van der Waals surface area contributed by atoms with E-state index in [1.54, 1.807) is 12.1 Å². The fourth-order valence-corrected chi connectivity index (χ4v) is 1.71. The quantitative estimate of drug-likeness (QED) is 0.892. The van der Waals surface area contributed by atoms with Gasteiger partial charge in [0.05, 0.1) is 24.0 Å². The second-order valence-electron chi connectivity index (χ2n) is 4.34. The van der Waals surface area contributed by atoms with Gasteiger partial charge in [-0.1, -0.05) is 5.16 Å². The van der Waals surface area contributed by atoms with Crippen molar-refractivity contribution >= 4 is 24.0 Å². The zero-order valence-corrected chi connectivity index (χ0v) is 12.2. The molecule has 108 valence electrons. The molecule has 7 heteroatoms. The first-order chi connectivity index (χ1) is 9.06. The number of aromatic nitrogens is 2. The fraction of sp³-hybridized carbons (Fsp3) is 0.308. The fourth-order valence-electron chi connectivity index (χ4n) is 1.71. The first kappa shape index (κ1) is 16.0. The third-order valence-electron chi connectivity index (χ3n) is 2.83. The van der Waals surface area contributed by atoms with Crippen LogP contribution in [0.3, 0.4) is 0 Å². The summed E-state index contributed by atoms with van der Waals surface area (Å²) in [4.78, 5) is 15.9. The van der Waals surface area contributed by atoms with Crippen LogP contribution in [-0.4, -0.2) is 16.0 Å². The molecule has 0 aliphatic rings. The summed E-state index contributed by atoms with van der Waals surface area (Å²) in [5.74, 6) is 0.626. The molecular weight excluding hydrogens is 280 g/mol. The van der Waals surface area contributed by atoms with Gasteiger partial charge in [-0.05, 0) is 26.0 Å². The van der Waals surface area contributed by atoms with Gasteiger partial charge in [0, 0.05) is 17.8 Å². The van der Waals surface area contributed by atoms with Crippen molar-refractivity contribution in [2.75, 3.05) is 5.73 Å². The molecule has 0 aliphatic heterocycles. The van der Waals surface area contributed by atoms with Crippen molar-refractivity contribution in [3.8, 4) is 0 Å². The second-order valence-corrected chi connectivity index (χ2v) is 4.34. The number of hydrogen-bond acceptors (Lipinski definition) is 5. The number of nitrogen functional groups attached to an aromatic ring is 1. The minimum absolute atomic E-state index is 0. The summed E-state index contributed by atoms with van der Waals surface area (Å²) in [7, 11) is 0. The Labute approximate surface area is 123 Å². The first-order valence-corrected chi connectivity index (χ1v) is 5.95. The molecule has 2 aromatic heterocycles. The van der Waals surface area contributed by atoms with Crippen LogP contribution in [-0.2, 0) is 17.8 Å². The third kappa shape index (κ3) is 3.96. The van der Waals surface area contributed by atoms with Gasteiger partial charge in [0.15, 0.2) is 0 Å². The average Bonchev–Trinajstić information content (AvgIpc) is 2.70. The Balaban J connectivity index is 0.00000200. The molecule has 0 saturated heterocycles. The molecular formula is C13H17ClN4O2. The molecule has 0 saturated carbocycles. The number of anilines is 1. The number of rotatable bonds is 4. The van der Waals surface area contributed by atoms with Crippen LogP contribution in [0.25, 0.3) is 0 Å². The summed E-state index contributed by atoms with van der Waals surface area (Å²) in [6.07, 6.45) is 1.76. The normalized spacial score (nSPS) is 9.90. The lowest BCUT2D eigenvalue weighted by Gasteiger charge is -2.04. The van der Waals surface area contributed by atoms with Gasteiger partial charge in [0.1, 0.15) is 5.76 Å². The molecule has 6 nitrogen and oxygen atoms in total. The van der Waals surface area contributed by atoms with Crippen LogP contribution in [0, 0.1) is 13.8 Å². The molecule has 20 heavy (non-hydrogen) atoms. The van der Waals surface area contributed by atoms with E-state index >= 15 is 0 Å². The van der Waals surface area contributed by atoms with Gasteiger partial charge in [-0.25, -0.2) is 0 Å². The maximum absolute atomic E-state index is 11.8. The van der Waals surface area contributed by atoms with E-state index in [0.717, 1.165) is 17.0 Å². The molecule has 0 spiro atoms. The number of nitrogens with two attached hydrogens (primary N) is 1. The first-order valence-electron chi connectivity index (χ1n) is 5.95. The molecule has 0 fully saturated rings. The third-order valence-corrected chi connectivity index (χ3v) is 2.83. The Morgan fingerprint density at radius 1 is 1.40 bits per heavy atom. The van der Waals surface area contributed by atoms with Gasteiger partial charge >= 0.3 is 0 Å². The maximum Gasteiger partial charge on any atom is 0.226 e. The number of nitrogens with one attached hydrogen (secondary N) is 1. The lowest BCUT2D eigenvalue weighted by molar-refractivity contribution is -0.120. The zero-order chi connectivity index (χ0) is 13.8. The molecule has 2 aromatic rings. The predicted octanol–water partition coefficient (Wildman–Crippen LogP) is 1.55. The van der Waals surface area contributed by atoms with Crippen molar-refractivity contribution < 1.29 is 9.32 Å². The Hall–Kier alpha value is -2.08. The highest BCUT2D eigenvalue weighted by molar-refractivity contribution is 5.85. The largest absolute Gasteiger partial charge is 0.397 e. The summed E-state index contributed by atoms with van der Waals surface area (Å²) in [5, 5.41) is 6.65. The number of aryl methyl sites for hydroxylation is 2. The van der Waals surface area contributed by atoms with Gasteiger partial charge in [-0.3, -0.25) is 9.78 Å². The lowest BCUT2D eigenvalue weighted by atomic mass is 10.2. The lowest BCUT2D eigenvalue weighted by Crippen LogP contribution is -2.25. The van der Waals surface area contributed by atoms with Gasteiger partial charge in [0.2, 0.25) is 5.91 Å². The molecule has 0 bridgehead atoms. The van der Waals surface area contributed by atoms with Gasteiger partial charge in [-0.2, -0.15) is 0 Å². The minimum atomic E-state index is -0.0997. The van der Waals surface area contributed by atoms with Crippen molar-refractivity contribution in [1.29, 1.82) is 0 Å². The van der Waals surface area contributed by atoms with Crippen LogP contribution in [0.1, 0.15) is 22.7 Å². The number of carbonyl (C=O) groups is 1. The van der Waals surface area contributed by atoms with Crippen molar-refractivity contribution in [2.24, 2.45) is 0 Å². The number of carbonyl (C=O) groups excluding carboxylic acids is 1. The van der Waals surface area contributed by atoms with E-state index in [4.69, 9.17) is 10.3 Å². The molecule has 0 atom stereocenters. The number of hydrogen-bond donors (Lipinski definition) is 2.